The Morgan fingerprint density at radius 2 is 2.08 bits per heavy atom. The largest absolute Gasteiger partial charge is 0.467 e. The van der Waals surface area contributed by atoms with Gasteiger partial charge in [0.2, 0.25) is 0 Å². The fraction of sp³-hybridized carbons (Fsp3) is 0.353. The van der Waals surface area contributed by atoms with Crippen LogP contribution < -0.4 is 0 Å². The van der Waals surface area contributed by atoms with Crippen molar-refractivity contribution >= 4 is 34.7 Å². The summed E-state index contributed by atoms with van der Waals surface area (Å²) >= 11 is 2.17. The van der Waals surface area contributed by atoms with Crippen LogP contribution >= 0.6 is 22.6 Å². The van der Waals surface area contributed by atoms with Crippen molar-refractivity contribution < 1.29 is 19.1 Å². The third kappa shape index (κ3) is 4.12. The molecule has 1 aliphatic rings. The molecular formula is C17H18IN3O4. The highest BCUT2D eigenvalue weighted by atomic mass is 127. The van der Waals surface area contributed by atoms with Crippen molar-refractivity contribution in [2.24, 2.45) is 0 Å². The molecule has 1 fully saturated rings. The molecule has 2 atom stereocenters. The van der Waals surface area contributed by atoms with Crippen LogP contribution in [0.4, 0.5) is 4.79 Å². The lowest BCUT2D eigenvalue weighted by atomic mass is 10.2. The second-order valence-corrected chi connectivity index (χ2v) is 7.01. The van der Waals surface area contributed by atoms with Gasteiger partial charge in [0.1, 0.15) is 12.6 Å². The number of likely N-dealkylation sites (tertiary alicyclic amines) is 1. The molecule has 0 N–H and O–H groups in total. The van der Waals surface area contributed by atoms with Gasteiger partial charge in [0.05, 0.1) is 22.9 Å². The monoisotopic (exact) mass is 455 g/mol. The van der Waals surface area contributed by atoms with Crippen molar-refractivity contribution in [2.45, 2.75) is 25.1 Å². The summed E-state index contributed by atoms with van der Waals surface area (Å²) in [6.07, 6.45) is 3.55. The minimum atomic E-state index is -0.667. The smallest absolute Gasteiger partial charge is 0.410 e. The molecule has 0 spiro atoms. The molecule has 0 aliphatic carbocycles. The predicted molar refractivity (Wildman–Crippen MR) is 97.7 cm³/mol. The van der Waals surface area contributed by atoms with Crippen molar-refractivity contribution in [1.82, 2.24) is 14.7 Å². The molecule has 0 unspecified atom stereocenters. The number of amides is 1. The van der Waals surface area contributed by atoms with Gasteiger partial charge >= 0.3 is 12.1 Å². The topological polar surface area (TPSA) is 73.7 Å². The van der Waals surface area contributed by atoms with E-state index >= 15 is 0 Å². The molecule has 132 valence electrons. The molecule has 25 heavy (non-hydrogen) atoms. The molecule has 1 saturated heterocycles. The highest BCUT2D eigenvalue weighted by Crippen LogP contribution is 2.29. The summed E-state index contributed by atoms with van der Waals surface area (Å²) in [4.78, 5) is 26.0. The lowest BCUT2D eigenvalue weighted by Gasteiger charge is -2.21. The molecule has 1 aromatic carbocycles. The van der Waals surface area contributed by atoms with Gasteiger partial charge in [-0.25, -0.2) is 9.59 Å². The number of ether oxygens (including phenoxy) is 2. The summed E-state index contributed by atoms with van der Waals surface area (Å²) in [6.45, 7) is 0.513. The van der Waals surface area contributed by atoms with Gasteiger partial charge in [-0.15, -0.1) is 0 Å². The lowest BCUT2D eigenvalue weighted by Crippen LogP contribution is -2.41. The summed E-state index contributed by atoms with van der Waals surface area (Å²) < 4.78 is 13.0. The first-order valence-corrected chi connectivity index (χ1v) is 8.91. The number of nitrogens with zero attached hydrogens (tertiary/aromatic N) is 3. The van der Waals surface area contributed by atoms with Crippen LogP contribution in [-0.2, 0) is 20.9 Å². The average Bonchev–Trinajstić information content (AvgIpc) is 3.26. The van der Waals surface area contributed by atoms with Crippen molar-refractivity contribution in [3.05, 3.63) is 51.9 Å². The van der Waals surface area contributed by atoms with Gasteiger partial charge in [0.25, 0.3) is 0 Å². The lowest BCUT2D eigenvalue weighted by molar-refractivity contribution is -0.145. The average molecular weight is 455 g/mol. The summed E-state index contributed by atoms with van der Waals surface area (Å²) in [5, 5.41) is 4.28. The van der Waals surface area contributed by atoms with Crippen LogP contribution in [0.5, 0.6) is 0 Å². The van der Waals surface area contributed by atoms with Crippen molar-refractivity contribution in [1.29, 1.82) is 0 Å². The molecule has 3 rings (SSSR count). The van der Waals surface area contributed by atoms with E-state index in [0.29, 0.717) is 13.0 Å². The molecule has 0 radical (unpaired) electrons. The molecular weight excluding hydrogens is 437 g/mol. The summed E-state index contributed by atoms with van der Waals surface area (Å²) in [5.41, 5.74) is 0.892. The molecule has 1 amide bonds. The molecule has 2 heterocycles. The van der Waals surface area contributed by atoms with E-state index in [4.69, 9.17) is 9.47 Å². The quantitative estimate of drug-likeness (QED) is 0.524. The van der Waals surface area contributed by atoms with Crippen LogP contribution in [0, 0.1) is 3.57 Å². The first-order valence-electron chi connectivity index (χ1n) is 7.83. The Bertz CT molecular complexity index is 749. The van der Waals surface area contributed by atoms with Crippen molar-refractivity contribution in [3.63, 3.8) is 0 Å². The van der Waals surface area contributed by atoms with Crippen LogP contribution in [0.15, 0.2) is 42.7 Å². The Morgan fingerprint density at radius 3 is 2.72 bits per heavy atom. The van der Waals surface area contributed by atoms with Crippen molar-refractivity contribution in [3.8, 4) is 0 Å². The number of aromatic nitrogens is 2. The molecule has 1 aromatic heterocycles. The Morgan fingerprint density at radius 1 is 1.32 bits per heavy atom. The van der Waals surface area contributed by atoms with Crippen LogP contribution in [-0.4, -0.2) is 46.4 Å². The van der Waals surface area contributed by atoms with E-state index in [-0.39, 0.29) is 12.6 Å². The van der Waals surface area contributed by atoms with E-state index in [1.54, 1.807) is 10.9 Å². The first-order chi connectivity index (χ1) is 12.1. The summed E-state index contributed by atoms with van der Waals surface area (Å²) in [6, 6.07) is 8.66. The molecule has 0 saturated carbocycles. The zero-order valence-electron chi connectivity index (χ0n) is 13.7. The number of benzene rings is 1. The summed E-state index contributed by atoms with van der Waals surface area (Å²) in [7, 11) is 1.32. The van der Waals surface area contributed by atoms with Crippen LogP contribution in [0.25, 0.3) is 0 Å². The number of rotatable bonds is 4. The van der Waals surface area contributed by atoms with Crippen LogP contribution in [0.3, 0.4) is 0 Å². The van der Waals surface area contributed by atoms with E-state index in [1.165, 1.54) is 12.0 Å². The number of carbonyl (C=O) groups is 2. The minimum Gasteiger partial charge on any atom is -0.467 e. The number of carbonyl (C=O) groups excluding carboxylic acids is 2. The number of hydrogen-bond donors (Lipinski definition) is 0. The standard InChI is InChI=1S/C17H18IN3O4/c1-24-16(22)15-7-14(21-9-13(18)8-19-21)10-20(15)17(23)25-11-12-5-3-2-4-6-12/h2-6,8-9,14-15H,7,10-11H2,1H3/t14-,15+/m0/s1. The first kappa shape index (κ1) is 17.7. The SMILES string of the molecule is COC(=O)[C@H]1C[C@H](n2cc(I)cn2)CN1C(=O)OCc1ccccc1. The number of hydrogen-bond acceptors (Lipinski definition) is 5. The third-order valence-electron chi connectivity index (χ3n) is 4.14. The zero-order chi connectivity index (χ0) is 17.8. The van der Waals surface area contributed by atoms with Gasteiger partial charge in [-0.3, -0.25) is 9.58 Å². The maximum absolute atomic E-state index is 12.5. The Kier molecular flexibility index (Phi) is 5.57. The number of esters is 1. The van der Waals surface area contributed by atoms with Gasteiger partial charge in [-0.2, -0.15) is 5.10 Å². The molecule has 8 heteroatoms. The third-order valence-corrected chi connectivity index (χ3v) is 4.69. The highest BCUT2D eigenvalue weighted by Gasteiger charge is 2.42. The van der Waals surface area contributed by atoms with Gasteiger partial charge in [0.15, 0.2) is 0 Å². The zero-order valence-corrected chi connectivity index (χ0v) is 15.8. The van der Waals surface area contributed by atoms with E-state index < -0.39 is 18.1 Å². The van der Waals surface area contributed by atoms with Gasteiger partial charge < -0.3 is 9.47 Å². The maximum Gasteiger partial charge on any atom is 0.410 e. The predicted octanol–water partition coefficient (Wildman–Crippen LogP) is 2.61. The van der Waals surface area contributed by atoms with Gasteiger partial charge in [-0.05, 0) is 28.2 Å². The van der Waals surface area contributed by atoms with Crippen LogP contribution in [0.1, 0.15) is 18.0 Å². The Labute approximate surface area is 159 Å². The normalized spacial score (nSPS) is 19.7. The molecule has 1 aliphatic heterocycles. The number of halogens is 1. The summed E-state index contributed by atoms with van der Waals surface area (Å²) in [5.74, 6) is -0.444. The molecule has 0 bridgehead atoms. The number of methoxy groups -OCH3 is 1. The van der Waals surface area contributed by atoms with Gasteiger partial charge in [-0.1, -0.05) is 30.3 Å². The maximum atomic E-state index is 12.5. The molecule has 2 aromatic rings. The minimum absolute atomic E-state index is 0.0862. The van der Waals surface area contributed by atoms with E-state index in [0.717, 1.165) is 9.13 Å². The van der Waals surface area contributed by atoms with Gasteiger partial charge in [0, 0.05) is 19.2 Å². The van der Waals surface area contributed by atoms with E-state index in [1.807, 2.05) is 36.5 Å². The Balaban J connectivity index is 1.70. The fourth-order valence-electron chi connectivity index (χ4n) is 2.88. The van der Waals surface area contributed by atoms with E-state index in [9.17, 15) is 9.59 Å². The fourth-order valence-corrected chi connectivity index (χ4v) is 3.29. The van der Waals surface area contributed by atoms with Crippen molar-refractivity contribution in [2.75, 3.05) is 13.7 Å². The second kappa shape index (κ2) is 7.85. The Hall–Kier alpha value is -2.10. The highest BCUT2D eigenvalue weighted by molar-refractivity contribution is 14.1. The molecule has 7 nitrogen and oxygen atoms in total. The van der Waals surface area contributed by atoms with E-state index in [2.05, 4.69) is 27.7 Å². The second-order valence-electron chi connectivity index (χ2n) is 5.76. The van der Waals surface area contributed by atoms with Crippen LogP contribution in [0.2, 0.25) is 0 Å².